The molecule has 1 saturated heterocycles. The number of rotatable bonds is 6. The third kappa shape index (κ3) is 4.72. The van der Waals surface area contributed by atoms with Crippen LogP contribution >= 0.6 is 0 Å². The summed E-state index contributed by atoms with van der Waals surface area (Å²) in [7, 11) is 2.00. The molecule has 3 N–H and O–H groups in total. The zero-order valence-corrected chi connectivity index (χ0v) is 13.0. The van der Waals surface area contributed by atoms with Gasteiger partial charge < -0.3 is 16.0 Å². The number of nitrogens with two attached hydrogens (primary N) is 1. The minimum atomic E-state index is -0.148. The SMILES string of the molecule is CC(C(=O)Nc1ccc(N)cc1)N(C)CCN1CCCC1. The molecule has 21 heavy (non-hydrogen) atoms. The number of carbonyl (C=O) groups excluding carboxylic acids is 1. The molecule has 1 aliphatic heterocycles. The molecule has 0 aromatic heterocycles. The molecule has 1 fully saturated rings. The number of anilines is 2. The maximum Gasteiger partial charge on any atom is 0.241 e. The number of hydrogen-bond donors (Lipinski definition) is 2. The Bertz CT molecular complexity index is 454. The fourth-order valence-electron chi connectivity index (χ4n) is 2.51. The second-order valence-corrected chi connectivity index (χ2v) is 5.82. The van der Waals surface area contributed by atoms with Gasteiger partial charge in [-0.3, -0.25) is 9.69 Å². The number of likely N-dealkylation sites (N-methyl/N-ethyl adjacent to an activating group) is 1. The van der Waals surface area contributed by atoms with Crippen LogP contribution in [0, 0.1) is 0 Å². The summed E-state index contributed by atoms with van der Waals surface area (Å²) in [5, 5.41) is 2.93. The Hall–Kier alpha value is -1.59. The Morgan fingerprint density at radius 3 is 2.57 bits per heavy atom. The van der Waals surface area contributed by atoms with Crippen LogP contribution in [0.25, 0.3) is 0 Å². The summed E-state index contributed by atoms with van der Waals surface area (Å²) in [4.78, 5) is 16.8. The smallest absolute Gasteiger partial charge is 0.241 e. The van der Waals surface area contributed by atoms with Crippen molar-refractivity contribution >= 4 is 17.3 Å². The summed E-state index contributed by atoms with van der Waals surface area (Å²) in [6, 6.07) is 7.08. The normalized spacial score (nSPS) is 17.1. The van der Waals surface area contributed by atoms with Gasteiger partial charge in [0.25, 0.3) is 0 Å². The van der Waals surface area contributed by atoms with E-state index in [9.17, 15) is 4.79 Å². The van der Waals surface area contributed by atoms with Crippen LogP contribution in [0.4, 0.5) is 11.4 Å². The minimum Gasteiger partial charge on any atom is -0.399 e. The van der Waals surface area contributed by atoms with Crippen LogP contribution in [0.15, 0.2) is 24.3 Å². The highest BCUT2D eigenvalue weighted by Gasteiger charge is 2.19. The fraction of sp³-hybridized carbons (Fsp3) is 0.562. The molecule has 0 aliphatic carbocycles. The van der Waals surface area contributed by atoms with Crippen LogP contribution in [-0.2, 0) is 4.79 Å². The molecule has 0 spiro atoms. The first-order chi connectivity index (χ1) is 10.1. The Morgan fingerprint density at radius 2 is 1.95 bits per heavy atom. The monoisotopic (exact) mass is 290 g/mol. The van der Waals surface area contributed by atoms with E-state index in [0.717, 1.165) is 18.8 Å². The van der Waals surface area contributed by atoms with Gasteiger partial charge in [-0.2, -0.15) is 0 Å². The van der Waals surface area contributed by atoms with Crippen LogP contribution in [-0.4, -0.2) is 55.0 Å². The average Bonchev–Trinajstić information content (AvgIpc) is 2.99. The van der Waals surface area contributed by atoms with Crippen LogP contribution in [0.3, 0.4) is 0 Å². The van der Waals surface area contributed by atoms with Gasteiger partial charge in [-0.15, -0.1) is 0 Å². The zero-order chi connectivity index (χ0) is 15.2. The molecule has 1 amide bonds. The van der Waals surface area contributed by atoms with E-state index in [1.165, 1.54) is 25.9 Å². The standard InChI is InChI=1S/C16H26N4O/c1-13(19(2)11-12-20-9-3-4-10-20)16(21)18-15-7-5-14(17)6-8-15/h5-8,13H,3-4,9-12,17H2,1-2H3,(H,18,21). The molecule has 1 aliphatic rings. The van der Waals surface area contributed by atoms with Crippen molar-refractivity contribution in [2.24, 2.45) is 0 Å². The van der Waals surface area contributed by atoms with Crippen LogP contribution in [0.2, 0.25) is 0 Å². The molecule has 0 radical (unpaired) electrons. The van der Waals surface area contributed by atoms with Gasteiger partial charge in [-0.05, 0) is 64.2 Å². The molecule has 2 rings (SSSR count). The number of nitrogen functional groups attached to an aromatic ring is 1. The van der Waals surface area contributed by atoms with Gasteiger partial charge in [-0.1, -0.05) is 0 Å². The van der Waals surface area contributed by atoms with Gasteiger partial charge in [0.05, 0.1) is 6.04 Å². The van der Waals surface area contributed by atoms with E-state index in [1.807, 2.05) is 26.1 Å². The Labute approximate surface area is 127 Å². The first-order valence-corrected chi connectivity index (χ1v) is 7.65. The fourth-order valence-corrected chi connectivity index (χ4v) is 2.51. The van der Waals surface area contributed by atoms with Crippen molar-refractivity contribution < 1.29 is 4.79 Å². The topological polar surface area (TPSA) is 61.6 Å². The summed E-state index contributed by atoms with van der Waals surface area (Å²) in [6.45, 7) is 6.28. The molecule has 1 aromatic carbocycles. The summed E-state index contributed by atoms with van der Waals surface area (Å²) in [6.07, 6.45) is 2.60. The lowest BCUT2D eigenvalue weighted by atomic mass is 10.2. The predicted molar refractivity (Wildman–Crippen MR) is 87.3 cm³/mol. The molecule has 1 atom stereocenters. The van der Waals surface area contributed by atoms with E-state index < -0.39 is 0 Å². The van der Waals surface area contributed by atoms with Gasteiger partial charge in [-0.25, -0.2) is 0 Å². The van der Waals surface area contributed by atoms with E-state index >= 15 is 0 Å². The Balaban J connectivity index is 1.78. The molecule has 116 valence electrons. The number of benzene rings is 1. The summed E-state index contributed by atoms with van der Waals surface area (Å²) >= 11 is 0. The van der Waals surface area contributed by atoms with Gasteiger partial charge in [0.2, 0.25) is 5.91 Å². The maximum atomic E-state index is 12.2. The van der Waals surface area contributed by atoms with Gasteiger partial charge in [0.1, 0.15) is 0 Å². The van der Waals surface area contributed by atoms with Crippen LogP contribution in [0.5, 0.6) is 0 Å². The highest BCUT2D eigenvalue weighted by molar-refractivity contribution is 5.94. The minimum absolute atomic E-state index is 0.0173. The second kappa shape index (κ2) is 7.43. The molecule has 5 heteroatoms. The third-order valence-corrected chi connectivity index (χ3v) is 4.19. The summed E-state index contributed by atoms with van der Waals surface area (Å²) in [5.74, 6) is 0.0173. The molecule has 1 unspecified atom stereocenters. The van der Waals surface area contributed by atoms with Crippen LogP contribution in [0.1, 0.15) is 19.8 Å². The average molecular weight is 290 g/mol. The number of nitrogens with zero attached hydrogens (tertiary/aromatic N) is 2. The summed E-state index contributed by atoms with van der Waals surface area (Å²) in [5.41, 5.74) is 7.12. The number of likely N-dealkylation sites (tertiary alicyclic amines) is 1. The molecule has 1 heterocycles. The number of nitrogens with one attached hydrogen (secondary N) is 1. The second-order valence-electron chi connectivity index (χ2n) is 5.82. The number of hydrogen-bond acceptors (Lipinski definition) is 4. The van der Waals surface area contributed by atoms with Crippen molar-refractivity contribution in [1.29, 1.82) is 0 Å². The Morgan fingerprint density at radius 1 is 1.33 bits per heavy atom. The zero-order valence-electron chi connectivity index (χ0n) is 13.0. The maximum absolute atomic E-state index is 12.2. The van der Waals surface area contributed by atoms with Crippen molar-refractivity contribution in [3.05, 3.63) is 24.3 Å². The van der Waals surface area contributed by atoms with E-state index in [2.05, 4.69) is 15.1 Å². The van der Waals surface area contributed by atoms with Crippen molar-refractivity contribution in [2.75, 3.05) is 44.3 Å². The molecular weight excluding hydrogens is 264 g/mol. The predicted octanol–water partition coefficient (Wildman–Crippen LogP) is 1.62. The van der Waals surface area contributed by atoms with E-state index in [4.69, 9.17) is 5.73 Å². The van der Waals surface area contributed by atoms with Crippen molar-refractivity contribution in [3.8, 4) is 0 Å². The molecule has 1 aromatic rings. The number of amides is 1. The largest absolute Gasteiger partial charge is 0.399 e. The highest BCUT2D eigenvalue weighted by atomic mass is 16.2. The van der Waals surface area contributed by atoms with Gasteiger partial charge >= 0.3 is 0 Å². The summed E-state index contributed by atoms with van der Waals surface area (Å²) < 4.78 is 0. The lowest BCUT2D eigenvalue weighted by molar-refractivity contribution is -0.120. The number of carbonyl (C=O) groups is 1. The quantitative estimate of drug-likeness (QED) is 0.782. The molecular formula is C16H26N4O. The highest BCUT2D eigenvalue weighted by Crippen LogP contribution is 2.12. The van der Waals surface area contributed by atoms with E-state index in [-0.39, 0.29) is 11.9 Å². The van der Waals surface area contributed by atoms with Crippen molar-refractivity contribution in [2.45, 2.75) is 25.8 Å². The van der Waals surface area contributed by atoms with E-state index in [1.54, 1.807) is 12.1 Å². The van der Waals surface area contributed by atoms with Crippen molar-refractivity contribution in [1.82, 2.24) is 9.80 Å². The molecule has 0 bridgehead atoms. The lowest BCUT2D eigenvalue weighted by Gasteiger charge is -2.26. The van der Waals surface area contributed by atoms with Crippen molar-refractivity contribution in [3.63, 3.8) is 0 Å². The molecule has 5 nitrogen and oxygen atoms in total. The van der Waals surface area contributed by atoms with Gasteiger partial charge in [0.15, 0.2) is 0 Å². The Kier molecular flexibility index (Phi) is 5.59. The third-order valence-electron chi connectivity index (χ3n) is 4.19. The lowest BCUT2D eigenvalue weighted by Crippen LogP contribution is -2.43. The van der Waals surface area contributed by atoms with E-state index in [0.29, 0.717) is 5.69 Å². The van der Waals surface area contributed by atoms with Gasteiger partial charge in [0, 0.05) is 24.5 Å². The first kappa shape index (κ1) is 15.8. The molecule has 0 saturated carbocycles. The van der Waals surface area contributed by atoms with Crippen LogP contribution < -0.4 is 11.1 Å². The first-order valence-electron chi connectivity index (χ1n) is 7.65.